The van der Waals surface area contributed by atoms with Gasteiger partial charge in [0, 0.05) is 16.8 Å². The first-order valence-electron chi connectivity index (χ1n) is 7.52. The predicted octanol–water partition coefficient (Wildman–Crippen LogP) is 3.73. The van der Waals surface area contributed by atoms with Crippen molar-refractivity contribution in [3.63, 3.8) is 0 Å². The van der Waals surface area contributed by atoms with E-state index in [4.69, 9.17) is 4.42 Å². The highest BCUT2D eigenvalue weighted by atomic mass is 16.3. The van der Waals surface area contributed by atoms with Crippen LogP contribution in [0.1, 0.15) is 23.0 Å². The number of Topliss-reactive ketones (excluding diaryl/α,β-unsaturated/α-hetero) is 1. The first-order chi connectivity index (χ1) is 11.6. The predicted molar refractivity (Wildman–Crippen MR) is 90.7 cm³/mol. The summed E-state index contributed by atoms with van der Waals surface area (Å²) in [5.74, 6) is 0.284. The number of oxazole rings is 1. The number of nitrogens with one attached hydrogen (secondary N) is 1. The van der Waals surface area contributed by atoms with Crippen LogP contribution in [0, 0.1) is 0 Å². The van der Waals surface area contributed by atoms with Crippen LogP contribution in [-0.2, 0) is 11.2 Å². The van der Waals surface area contributed by atoms with Crippen molar-refractivity contribution < 1.29 is 14.0 Å². The SMILES string of the molecule is CC(=O)c1ccc(NC(=O)Cc2coc(-c3ccccc3)n2)cc1. The normalized spacial score (nSPS) is 10.4. The van der Waals surface area contributed by atoms with E-state index in [-0.39, 0.29) is 18.1 Å². The molecule has 0 radical (unpaired) electrons. The number of ketones is 1. The van der Waals surface area contributed by atoms with Gasteiger partial charge in [-0.25, -0.2) is 4.98 Å². The molecule has 0 aliphatic rings. The molecular formula is C19H16N2O3. The van der Waals surface area contributed by atoms with E-state index in [9.17, 15) is 9.59 Å². The molecular weight excluding hydrogens is 304 g/mol. The second-order valence-electron chi connectivity index (χ2n) is 5.37. The van der Waals surface area contributed by atoms with Crippen LogP contribution in [-0.4, -0.2) is 16.7 Å². The maximum absolute atomic E-state index is 12.1. The average Bonchev–Trinajstić information content (AvgIpc) is 3.04. The minimum atomic E-state index is -0.196. The van der Waals surface area contributed by atoms with E-state index >= 15 is 0 Å². The Bertz CT molecular complexity index is 852. The average molecular weight is 320 g/mol. The summed E-state index contributed by atoms with van der Waals surface area (Å²) in [5.41, 5.74) is 2.67. The summed E-state index contributed by atoms with van der Waals surface area (Å²) in [6, 6.07) is 16.3. The van der Waals surface area contributed by atoms with Crippen LogP contribution in [0.2, 0.25) is 0 Å². The molecule has 0 fully saturated rings. The Labute approximate surface area is 139 Å². The smallest absolute Gasteiger partial charge is 0.230 e. The van der Waals surface area contributed by atoms with Gasteiger partial charge in [-0.05, 0) is 43.3 Å². The minimum absolute atomic E-state index is 0.0103. The molecule has 0 bridgehead atoms. The van der Waals surface area contributed by atoms with Gasteiger partial charge in [0.1, 0.15) is 6.26 Å². The molecule has 0 aliphatic carbocycles. The van der Waals surface area contributed by atoms with Crippen LogP contribution in [0.15, 0.2) is 65.3 Å². The third-order valence-corrected chi connectivity index (χ3v) is 3.49. The van der Waals surface area contributed by atoms with Crippen molar-refractivity contribution in [2.24, 2.45) is 0 Å². The number of anilines is 1. The molecule has 5 heteroatoms. The largest absolute Gasteiger partial charge is 0.444 e. The van der Waals surface area contributed by atoms with E-state index in [0.29, 0.717) is 22.8 Å². The zero-order chi connectivity index (χ0) is 16.9. The van der Waals surface area contributed by atoms with Crippen molar-refractivity contribution in [2.75, 3.05) is 5.32 Å². The Kier molecular flexibility index (Phi) is 4.52. The first kappa shape index (κ1) is 15.7. The van der Waals surface area contributed by atoms with Gasteiger partial charge in [-0.2, -0.15) is 0 Å². The number of hydrogen-bond acceptors (Lipinski definition) is 4. The maximum Gasteiger partial charge on any atom is 0.230 e. The molecule has 3 rings (SSSR count). The number of nitrogens with zero attached hydrogens (tertiary/aromatic N) is 1. The van der Waals surface area contributed by atoms with Gasteiger partial charge in [0.05, 0.1) is 12.1 Å². The molecule has 0 atom stereocenters. The Morgan fingerprint density at radius 2 is 1.75 bits per heavy atom. The van der Waals surface area contributed by atoms with Crippen LogP contribution < -0.4 is 5.32 Å². The number of amides is 1. The molecule has 1 heterocycles. The molecule has 5 nitrogen and oxygen atoms in total. The van der Waals surface area contributed by atoms with Gasteiger partial charge in [0.15, 0.2) is 5.78 Å². The summed E-state index contributed by atoms with van der Waals surface area (Å²) in [7, 11) is 0. The molecule has 0 aliphatic heterocycles. The van der Waals surface area contributed by atoms with E-state index in [1.807, 2.05) is 30.3 Å². The minimum Gasteiger partial charge on any atom is -0.444 e. The summed E-state index contributed by atoms with van der Waals surface area (Å²) in [5, 5.41) is 2.77. The molecule has 0 saturated heterocycles. The first-order valence-corrected chi connectivity index (χ1v) is 7.52. The Balaban J connectivity index is 1.63. The van der Waals surface area contributed by atoms with Crippen molar-refractivity contribution >= 4 is 17.4 Å². The van der Waals surface area contributed by atoms with Crippen molar-refractivity contribution in [3.05, 3.63) is 72.1 Å². The Morgan fingerprint density at radius 3 is 2.42 bits per heavy atom. The van der Waals surface area contributed by atoms with E-state index in [0.717, 1.165) is 5.56 Å². The summed E-state index contributed by atoms with van der Waals surface area (Å²) in [6.07, 6.45) is 1.60. The van der Waals surface area contributed by atoms with E-state index in [1.165, 1.54) is 13.2 Å². The second-order valence-corrected chi connectivity index (χ2v) is 5.37. The van der Waals surface area contributed by atoms with Crippen LogP contribution in [0.25, 0.3) is 11.5 Å². The molecule has 0 saturated carbocycles. The van der Waals surface area contributed by atoms with Crippen molar-refractivity contribution in [3.8, 4) is 11.5 Å². The third kappa shape index (κ3) is 3.76. The molecule has 1 N–H and O–H groups in total. The zero-order valence-corrected chi connectivity index (χ0v) is 13.2. The number of carbonyl (C=O) groups excluding carboxylic acids is 2. The van der Waals surface area contributed by atoms with E-state index in [2.05, 4.69) is 10.3 Å². The van der Waals surface area contributed by atoms with Gasteiger partial charge >= 0.3 is 0 Å². The molecule has 1 amide bonds. The van der Waals surface area contributed by atoms with Crippen LogP contribution in [0.5, 0.6) is 0 Å². The monoisotopic (exact) mass is 320 g/mol. The number of carbonyl (C=O) groups is 2. The summed E-state index contributed by atoms with van der Waals surface area (Å²) < 4.78 is 5.42. The van der Waals surface area contributed by atoms with E-state index in [1.54, 1.807) is 24.3 Å². The zero-order valence-electron chi connectivity index (χ0n) is 13.2. The van der Waals surface area contributed by atoms with E-state index < -0.39 is 0 Å². The third-order valence-electron chi connectivity index (χ3n) is 3.49. The van der Waals surface area contributed by atoms with Crippen LogP contribution >= 0.6 is 0 Å². The Morgan fingerprint density at radius 1 is 1.04 bits per heavy atom. The second kappa shape index (κ2) is 6.91. The lowest BCUT2D eigenvalue weighted by Gasteiger charge is -2.04. The van der Waals surface area contributed by atoms with Gasteiger partial charge in [-0.1, -0.05) is 18.2 Å². The summed E-state index contributed by atoms with van der Waals surface area (Å²) >= 11 is 0. The van der Waals surface area contributed by atoms with Gasteiger partial charge in [0.25, 0.3) is 0 Å². The van der Waals surface area contributed by atoms with Crippen LogP contribution in [0.3, 0.4) is 0 Å². The molecule has 120 valence electrons. The molecule has 1 aromatic heterocycles. The Hall–Kier alpha value is -3.21. The highest BCUT2D eigenvalue weighted by Gasteiger charge is 2.11. The highest BCUT2D eigenvalue weighted by molar-refractivity contribution is 5.96. The number of hydrogen-bond donors (Lipinski definition) is 1. The summed E-state index contributed by atoms with van der Waals surface area (Å²) in [6.45, 7) is 1.50. The van der Waals surface area contributed by atoms with Gasteiger partial charge < -0.3 is 9.73 Å². The van der Waals surface area contributed by atoms with Gasteiger partial charge in [-0.15, -0.1) is 0 Å². The van der Waals surface area contributed by atoms with Gasteiger partial charge in [0.2, 0.25) is 11.8 Å². The fourth-order valence-electron chi connectivity index (χ4n) is 2.26. The fraction of sp³-hybridized carbons (Fsp3) is 0.105. The van der Waals surface area contributed by atoms with Crippen molar-refractivity contribution in [1.82, 2.24) is 4.98 Å². The fourth-order valence-corrected chi connectivity index (χ4v) is 2.26. The lowest BCUT2D eigenvalue weighted by molar-refractivity contribution is -0.115. The quantitative estimate of drug-likeness (QED) is 0.727. The highest BCUT2D eigenvalue weighted by Crippen LogP contribution is 2.18. The van der Waals surface area contributed by atoms with Gasteiger partial charge in [-0.3, -0.25) is 9.59 Å². The topological polar surface area (TPSA) is 72.2 Å². The molecule has 0 spiro atoms. The number of rotatable bonds is 5. The molecule has 2 aromatic carbocycles. The molecule has 24 heavy (non-hydrogen) atoms. The lowest BCUT2D eigenvalue weighted by Crippen LogP contribution is -2.14. The standard InChI is InChI=1S/C19H16N2O3/c1-13(22)14-7-9-16(10-8-14)20-18(23)11-17-12-24-19(21-17)15-5-3-2-4-6-15/h2-10,12H,11H2,1H3,(H,20,23). The van der Waals surface area contributed by atoms with Crippen molar-refractivity contribution in [1.29, 1.82) is 0 Å². The summed E-state index contributed by atoms with van der Waals surface area (Å²) in [4.78, 5) is 27.6. The maximum atomic E-state index is 12.1. The molecule has 0 unspecified atom stereocenters. The van der Waals surface area contributed by atoms with Crippen LogP contribution in [0.4, 0.5) is 5.69 Å². The molecule has 3 aromatic rings. The number of benzene rings is 2. The number of aromatic nitrogens is 1. The van der Waals surface area contributed by atoms with Crippen molar-refractivity contribution in [2.45, 2.75) is 13.3 Å². The lowest BCUT2D eigenvalue weighted by atomic mass is 10.1.